The fourth-order valence-electron chi connectivity index (χ4n) is 1.71. The van der Waals surface area contributed by atoms with Crippen LogP contribution in [0.25, 0.3) is 0 Å². The minimum atomic E-state index is -4.60. The predicted molar refractivity (Wildman–Crippen MR) is 74.8 cm³/mol. The molecule has 0 bridgehead atoms. The van der Waals surface area contributed by atoms with Crippen LogP contribution in [0.4, 0.5) is 23.2 Å². The lowest BCUT2D eigenvalue weighted by Crippen LogP contribution is -2.34. The molecule has 10 heteroatoms. The van der Waals surface area contributed by atoms with E-state index in [4.69, 9.17) is 4.74 Å². The van der Waals surface area contributed by atoms with Crippen LogP contribution in [-0.2, 0) is 11.0 Å². The van der Waals surface area contributed by atoms with Crippen LogP contribution < -0.4 is 9.64 Å². The summed E-state index contributed by atoms with van der Waals surface area (Å²) in [5.74, 6) is -0.940. The van der Waals surface area contributed by atoms with E-state index in [1.54, 1.807) is 6.92 Å². The molecule has 0 spiro atoms. The summed E-state index contributed by atoms with van der Waals surface area (Å²) in [5, 5.41) is 4.69. The minimum Gasteiger partial charge on any atom is -0.459 e. The van der Waals surface area contributed by atoms with Crippen molar-refractivity contribution in [2.75, 3.05) is 18.1 Å². The average molecular weight is 349 g/mol. The largest absolute Gasteiger partial charge is 0.459 e. The lowest BCUT2D eigenvalue weighted by Gasteiger charge is -2.20. The fourth-order valence-corrected chi connectivity index (χ4v) is 2.27. The molecule has 2 aromatic rings. The summed E-state index contributed by atoms with van der Waals surface area (Å²) in [7, 11) is 0. The van der Waals surface area contributed by atoms with E-state index in [-0.39, 0.29) is 23.1 Å². The third kappa shape index (κ3) is 4.38. The van der Waals surface area contributed by atoms with Gasteiger partial charge >= 0.3 is 6.18 Å². The summed E-state index contributed by atoms with van der Waals surface area (Å²) in [6, 6.07) is 5.24. The van der Waals surface area contributed by atoms with Crippen LogP contribution in [0.2, 0.25) is 0 Å². The number of ether oxygens (including phenoxy) is 1. The van der Waals surface area contributed by atoms with Gasteiger partial charge in [-0.2, -0.15) is 13.2 Å². The van der Waals surface area contributed by atoms with E-state index in [9.17, 15) is 22.4 Å². The lowest BCUT2D eigenvalue weighted by atomic mass is 10.2. The van der Waals surface area contributed by atoms with Crippen LogP contribution in [0.1, 0.15) is 11.9 Å². The zero-order chi connectivity index (χ0) is 17.0. The first-order chi connectivity index (χ1) is 10.8. The third-order valence-electron chi connectivity index (χ3n) is 2.72. The molecule has 0 fully saturated rings. The second-order valence-corrected chi connectivity index (χ2v) is 5.21. The Morgan fingerprint density at radius 3 is 2.43 bits per heavy atom. The Labute approximate surface area is 132 Å². The topological polar surface area (TPSA) is 55.3 Å². The van der Waals surface area contributed by atoms with Gasteiger partial charge in [-0.1, -0.05) is 16.4 Å². The van der Waals surface area contributed by atoms with Crippen LogP contribution in [-0.4, -0.2) is 29.3 Å². The Balaban J connectivity index is 2.00. The molecule has 1 aromatic heterocycles. The lowest BCUT2D eigenvalue weighted by molar-refractivity contribution is -0.138. The van der Waals surface area contributed by atoms with Gasteiger partial charge in [0, 0.05) is 12.2 Å². The average Bonchev–Trinajstić information content (AvgIpc) is 2.97. The summed E-state index contributed by atoms with van der Waals surface area (Å²) >= 11 is 0.209. The summed E-state index contributed by atoms with van der Waals surface area (Å²) in [6.07, 6.45) is -4.60. The number of benzene rings is 1. The molecule has 0 saturated carbocycles. The van der Waals surface area contributed by atoms with Crippen molar-refractivity contribution in [1.82, 2.24) is 10.2 Å². The van der Waals surface area contributed by atoms with Crippen LogP contribution in [0, 0.1) is 5.82 Å². The highest BCUT2D eigenvalue weighted by atomic mass is 32.1. The Kier molecular flexibility index (Phi) is 5.14. The third-order valence-corrected chi connectivity index (χ3v) is 3.60. The first kappa shape index (κ1) is 17.1. The zero-order valence-electron chi connectivity index (χ0n) is 11.8. The Morgan fingerprint density at radius 2 is 1.91 bits per heavy atom. The summed E-state index contributed by atoms with van der Waals surface area (Å²) < 4.78 is 55.0. The number of hydrogen-bond acceptors (Lipinski definition) is 5. The molecule has 1 heterocycles. The van der Waals surface area contributed by atoms with Crippen molar-refractivity contribution in [2.24, 2.45) is 0 Å². The first-order valence-corrected chi connectivity index (χ1v) is 7.22. The molecule has 124 valence electrons. The van der Waals surface area contributed by atoms with E-state index in [1.807, 2.05) is 0 Å². The van der Waals surface area contributed by atoms with Gasteiger partial charge in [0.15, 0.2) is 6.61 Å². The number of carbonyl (C=O) groups is 1. The maximum atomic E-state index is 12.9. The van der Waals surface area contributed by atoms with Crippen LogP contribution in [0.15, 0.2) is 24.3 Å². The summed E-state index contributed by atoms with van der Waals surface area (Å²) in [5.41, 5.74) is 0.454. The number of amides is 1. The second-order valence-electron chi connectivity index (χ2n) is 4.27. The molecule has 0 aliphatic carbocycles. The molecule has 0 N–H and O–H groups in total. The zero-order valence-corrected chi connectivity index (χ0v) is 12.6. The van der Waals surface area contributed by atoms with Gasteiger partial charge in [-0.3, -0.25) is 4.79 Å². The van der Waals surface area contributed by atoms with Crippen LogP contribution in [0.5, 0.6) is 5.19 Å². The number of carbonyl (C=O) groups excluding carboxylic acids is 1. The molecule has 1 amide bonds. The van der Waals surface area contributed by atoms with Crippen molar-refractivity contribution in [3.63, 3.8) is 0 Å². The van der Waals surface area contributed by atoms with Crippen molar-refractivity contribution in [3.8, 4) is 5.19 Å². The van der Waals surface area contributed by atoms with E-state index in [2.05, 4.69) is 10.2 Å². The molecule has 0 saturated heterocycles. The molecule has 1 aromatic carbocycles. The molecule has 0 aliphatic heterocycles. The van der Waals surface area contributed by atoms with Gasteiger partial charge in [-0.25, -0.2) is 4.39 Å². The van der Waals surface area contributed by atoms with Gasteiger partial charge in [-0.05, 0) is 31.2 Å². The van der Waals surface area contributed by atoms with Crippen molar-refractivity contribution in [2.45, 2.75) is 13.1 Å². The highest BCUT2D eigenvalue weighted by Gasteiger charge is 2.36. The Bertz CT molecular complexity index is 673. The number of halogens is 4. The fraction of sp³-hybridized carbons (Fsp3) is 0.308. The van der Waals surface area contributed by atoms with E-state index >= 15 is 0 Å². The molecule has 0 aliphatic rings. The number of anilines is 1. The van der Waals surface area contributed by atoms with Gasteiger partial charge in [-0.15, -0.1) is 5.10 Å². The first-order valence-electron chi connectivity index (χ1n) is 6.40. The number of nitrogens with zero attached hydrogens (tertiary/aromatic N) is 3. The number of rotatable bonds is 5. The molecule has 0 unspecified atom stereocenters. The Morgan fingerprint density at radius 1 is 1.26 bits per heavy atom. The highest BCUT2D eigenvalue weighted by Crippen LogP contribution is 2.33. The number of likely N-dealkylation sites (N-methyl/N-ethyl adjacent to an activating group) is 1. The maximum absolute atomic E-state index is 12.9. The normalized spacial score (nSPS) is 11.3. The molecule has 0 atom stereocenters. The van der Waals surface area contributed by atoms with E-state index < -0.39 is 29.5 Å². The number of aromatic nitrogens is 2. The summed E-state index contributed by atoms with van der Waals surface area (Å²) in [6.45, 7) is 1.49. The molecule has 23 heavy (non-hydrogen) atoms. The molecular formula is C13H11F4N3O2S. The molecular weight excluding hydrogens is 338 g/mol. The smallest absolute Gasteiger partial charge is 0.445 e. The summed E-state index contributed by atoms with van der Waals surface area (Å²) in [4.78, 5) is 13.4. The van der Waals surface area contributed by atoms with Gasteiger partial charge in [0.25, 0.3) is 11.1 Å². The minimum absolute atomic E-state index is 0.209. The number of alkyl halides is 3. The maximum Gasteiger partial charge on any atom is 0.445 e. The number of hydrogen-bond donors (Lipinski definition) is 0. The van der Waals surface area contributed by atoms with Crippen molar-refractivity contribution in [1.29, 1.82) is 0 Å². The second kappa shape index (κ2) is 6.90. The van der Waals surface area contributed by atoms with E-state index in [1.165, 1.54) is 29.2 Å². The SMILES string of the molecule is CCN(C(=O)COc1nnc(C(F)(F)F)s1)c1ccc(F)cc1. The van der Waals surface area contributed by atoms with Crippen LogP contribution in [0.3, 0.4) is 0 Å². The molecule has 0 radical (unpaired) electrons. The van der Waals surface area contributed by atoms with E-state index in [0.717, 1.165) is 0 Å². The standard InChI is InChI=1S/C13H11F4N3O2S/c1-2-20(9-5-3-8(14)4-6-9)10(21)7-22-12-19-18-11(23-12)13(15,16)17/h3-6H,2,7H2,1H3. The van der Waals surface area contributed by atoms with Crippen molar-refractivity contribution in [3.05, 3.63) is 35.1 Å². The van der Waals surface area contributed by atoms with Gasteiger partial charge in [0.1, 0.15) is 5.82 Å². The van der Waals surface area contributed by atoms with Crippen molar-refractivity contribution < 1.29 is 27.1 Å². The van der Waals surface area contributed by atoms with Gasteiger partial charge < -0.3 is 9.64 Å². The predicted octanol–water partition coefficient (Wildman–Crippen LogP) is 3.13. The van der Waals surface area contributed by atoms with Crippen molar-refractivity contribution >= 4 is 22.9 Å². The van der Waals surface area contributed by atoms with Gasteiger partial charge in [0.2, 0.25) is 5.01 Å². The molecule has 5 nitrogen and oxygen atoms in total. The van der Waals surface area contributed by atoms with Crippen LogP contribution >= 0.6 is 11.3 Å². The molecule has 2 rings (SSSR count). The quantitative estimate of drug-likeness (QED) is 0.779. The monoisotopic (exact) mass is 349 g/mol. The van der Waals surface area contributed by atoms with Gasteiger partial charge in [0.05, 0.1) is 0 Å². The van der Waals surface area contributed by atoms with E-state index in [0.29, 0.717) is 5.69 Å². The Hall–Kier alpha value is -2.23. The highest BCUT2D eigenvalue weighted by molar-refractivity contribution is 7.13.